The summed E-state index contributed by atoms with van der Waals surface area (Å²) in [6, 6.07) is 8.77. The molecule has 0 fully saturated rings. The molecule has 0 bridgehead atoms. The molecule has 0 saturated carbocycles. The van der Waals surface area contributed by atoms with Gasteiger partial charge in [0.1, 0.15) is 5.82 Å². The van der Waals surface area contributed by atoms with Crippen molar-refractivity contribution in [2.24, 2.45) is 0 Å². The summed E-state index contributed by atoms with van der Waals surface area (Å²) in [7, 11) is 4.83. The second kappa shape index (κ2) is 7.18. The SMILES string of the molecule is CNCc1cccc(-c2cc(C(OC)OC)cc3c(N)noc23)c1F. The minimum Gasteiger partial charge on any atom is -0.380 e. The van der Waals surface area contributed by atoms with Crippen LogP contribution in [0.25, 0.3) is 22.1 Å². The number of nitrogens with two attached hydrogens (primary N) is 1. The number of nitrogen functional groups attached to an aromatic ring is 1. The molecule has 25 heavy (non-hydrogen) atoms. The topological polar surface area (TPSA) is 82.5 Å². The standard InChI is InChI=1S/C18H20FN3O3/c1-21-9-10-5-4-6-12(15(10)19)13-7-11(18(23-2)24-3)8-14-16(13)25-22-17(14)20/h4-8,18,21H,9H2,1-3H3,(H2,20,22). The number of methoxy groups -OCH3 is 2. The summed E-state index contributed by atoms with van der Waals surface area (Å²) in [5.74, 6) is -0.0903. The van der Waals surface area contributed by atoms with Gasteiger partial charge in [0.15, 0.2) is 17.7 Å². The highest BCUT2D eigenvalue weighted by molar-refractivity contribution is 5.98. The van der Waals surface area contributed by atoms with Gasteiger partial charge in [-0.3, -0.25) is 0 Å². The molecule has 3 rings (SSSR count). The van der Waals surface area contributed by atoms with Gasteiger partial charge in [-0.25, -0.2) is 4.39 Å². The largest absolute Gasteiger partial charge is 0.380 e. The van der Waals surface area contributed by atoms with Gasteiger partial charge in [-0.05, 0) is 19.2 Å². The number of fused-ring (bicyclic) bond motifs is 1. The normalized spacial score (nSPS) is 11.6. The van der Waals surface area contributed by atoms with Crippen LogP contribution in [0, 0.1) is 5.82 Å². The van der Waals surface area contributed by atoms with Crippen LogP contribution in [0.5, 0.6) is 0 Å². The zero-order valence-electron chi connectivity index (χ0n) is 14.3. The summed E-state index contributed by atoms with van der Waals surface area (Å²) >= 11 is 0. The third kappa shape index (κ3) is 3.09. The van der Waals surface area contributed by atoms with Crippen molar-refractivity contribution in [1.29, 1.82) is 0 Å². The summed E-state index contributed by atoms with van der Waals surface area (Å²) in [5.41, 5.74) is 8.53. The Hall–Kier alpha value is -2.48. The third-order valence-electron chi connectivity index (χ3n) is 4.06. The van der Waals surface area contributed by atoms with E-state index in [1.165, 1.54) is 14.2 Å². The van der Waals surface area contributed by atoms with Gasteiger partial charge < -0.3 is 25.0 Å². The van der Waals surface area contributed by atoms with E-state index in [0.29, 0.717) is 39.8 Å². The van der Waals surface area contributed by atoms with Crippen molar-refractivity contribution in [3.05, 3.63) is 47.3 Å². The predicted octanol–water partition coefficient (Wildman–Crippen LogP) is 3.23. The van der Waals surface area contributed by atoms with Crippen molar-refractivity contribution < 1.29 is 18.4 Å². The van der Waals surface area contributed by atoms with Gasteiger partial charge in [0.05, 0.1) is 5.39 Å². The molecule has 0 aliphatic heterocycles. The molecule has 0 aliphatic rings. The Bertz CT molecular complexity index is 891. The van der Waals surface area contributed by atoms with E-state index in [4.69, 9.17) is 19.7 Å². The van der Waals surface area contributed by atoms with E-state index in [2.05, 4.69) is 10.5 Å². The smallest absolute Gasteiger partial charge is 0.183 e. The summed E-state index contributed by atoms with van der Waals surface area (Å²) in [6.45, 7) is 0.416. The van der Waals surface area contributed by atoms with Gasteiger partial charge in [-0.1, -0.05) is 23.4 Å². The fourth-order valence-electron chi connectivity index (χ4n) is 2.90. The van der Waals surface area contributed by atoms with E-state index >= 15 is 0 Å². The number of anilines is 1. The Morgan fingerprint density at radius 3 is 2.68 bits per heavy atom. The second-order valence-corrected chi connectivity index (χ2v) is 5.63. The summed E-state index contributed by atoms with van der Waals surface area (Å²) < 4.78 is 31.0. The van der Waals surface area contributed by atoms with Gasteiger partial charge in [0, 0.05) is 43.0 Å². The molecule has 0 atom stereocenters. The number of benzene rings is 2. The molecule has 1 aromatic heterocycles. The number of nitrogens with one attached hydrogen (secondary N) is 1. The lowest BCUT2D eigenvalue weighted by molar-refractivity contribution is -0.105. The highest BCUT2D eigenvalue weighted by atomic mass is 19.1. The van der Waals surface area contributed by atoms with Crippen LogP contribution in [-0.4, -0.2) is 26.4 Å². The highest BCUT2D eigenvalue weighted by Crippen LogP contribution is 2.37. The molecule has 2 aromatic carbocycles. The molecule has 0 saturated heterocycles. The third-order valence-corrected chi connectivity index (χ3v) is 4.06. The maximum absolute atomic E-state index is 15.0. The van der Waals surface area contributed by atoms with E-state index in [1.807, 2.05) is 0 Å². The van der Waals surface area contributed by atoms with Crippen LogP contribution in [0.3, 0.4) is 0 Å². The van der Waals surface area contributed by atoms with Crippen molar-refractivity contribution in [1.82, 2.24) is 10.5 Å². The molecule has 132 valence electrons. The minimum absolute atomic E-state index is 0.232. The molecule has 6 nitrogen and oxygen atoms in total. The van der Waals surface area contributed by atoms with Crippen molar-refractivity contribution in [3.8, 4) is 11.1 Å². The van der Waals surface area contributed by atoms with Crippen molar-refractivity contribution >= 4 is 16.8 Å². The number of hydrogen-bond donors (Lipinski definition) is 2. The number of halogens is 1. The van der Waals surface area contributed by atoms with Crippen molar-refractivity contribution in [3.63, 3.8) is 0 Å². The maximum atomic E-state index is 15.0. The zero-order chi connectivity index (χ0) is 18.0. The predicted molar refractivity (Wildman–Crippen MR) is 93.3 cm³/mol. The van der Waals surface area contributed by atoms with Gasteiger partial charge in [0.25, 0.3) is 0 Å². The summed E-state index contributed by atoms with van der Waals surface area (Å²) in [6.07, 6.45) is -0.610. The van der Waals surface area contributed by atoms with Crippen LogP contribution >= 0.6 is 0 Å². The Labute approximate surface area is 144 Å². The lowest BCUT2D eigenvalue weighted by Gasteiger charge is -2.16. The molecule has 7 heteroatoms. The molecule has 3 N–H and O–H groups in total. The molecule has 1 heterocycles. The fraction of sp³-hybridized carbons (Fsp3) is 0.278. The first-order valence-corrected chi connectivity index (χ1v) is 7.77. The fourth-order valence-corrected chi connectivity index (χ4v) is 2.90. The molecular formula is C18H20FN3O3. The molecular weight excluding hydrogens is 325 g/mol. The van der Waals surface area contributed by atoms with Crippen LogP contribution < -0.4 is 11.1 Å². The Morgan fingerprint density at radius 2 is 2.00 bits per heavy atom. The quantitative estimate of drug-likeness (QED) is 0.668. The van der Waals surface area contributed by atoms with Crippen LogP contribution in [0.4, 0.5) is 10.2 Å². The number of ether oxygens (including phenoxy) is 2. The van der Waals surface area contributed by atoms with Gasteiger partial charge in [0.2, 0.25) is 0 Å². The van der Waals surface area contributed by atoms with E-state index in [9.17, 15) is 4.39 Å². The van der Waals surface area contributed by atoms with Gasteiger partial charge in [-0.2, -0.15) is 0 Å². The Kier molecular flexibility index (Phi) is 4.98. The molecule has 0 aliphatic carbocycles. The molecule has 0 radical (unpaired) electrons. The number of nitrogens with zero attached hydrogens (tertiary/aromatic N) is 1. The zero-order valence-corrected chi connectivity index (χ0v) is 14.3. The summed E-state index contributed by atoms with van der Waals surface area (Å²) in [5, 5.41) is 7.35. The van der Waals surface area contributed by atoms with Crippen LogP contribution in [-0.2, 0) is 16.0 Å². The van der Waals surface area contributed by atoms with E-state index in [-0.39, 0.29) is 11.6 Å². The first kappa shape index (κ1) is 17.3. The number of aromatic nitrogens is 1. The van der Waals surface area contributed by atoms with E-state index in [1.54, 1.807) is 37.4 Å². The first-order valence-electron chi connectivity index (χ1n) is 7.77. The monoisotopic (exact) mass is 345 g/mol. The van der Waals surface area contributed by atoms with Crippen molar-refractivity contribution in [2.45, 2.75) is 12.8 Å². The van der Waals surface area contributed by atoms with Crippen LogP contribution in [0.1, 0.15) is 17.4 Å². The molecule has 3 aromatic rings. The molecule has 0 spiro atoms. The van der Waals surface area contributed by atoms with Gasteiger partial charge in [-0.15, -0.1) is 0 Å². The number of rotatable bonds is 6. The second-order valence-electron chi connectivity index (χ2n) is 5.63. The lowest BCUT2D eigenvalue weighted by atomic mass is 9.97. The lowest BCUT2D eigenvalue weighted by Crippen LogP contribution is -2.08. The van der Waals surface area contributed by atoms with Crippen LogP contribution in [0.2, 0.25) is 0 Å². The molecule has 0 amide bonds. The maximum Gasteiger partial charge on any atom is 0.183 e. The molecule has 0 unspecified atom stereocenters. The Balaban J connectivity index is 2.27. The number of hydrogen-bond acceptors (Lipinski definition) is 6. The average molecular weight is 345 g/mol. The van der Waals surface area contributed by atoms with E-state index < -0.39 is 6.29 Å². The average Bonchev–Trinajstić information content (AvgIpc) is 2.99. The minimum atomic E-state index is -0.610. The van der Waals surface area contributed by atoms with E-state index in [0.717, 1.165) is 0 Å². The summed E-state index contributed by atoms with van der Waals surface area (Å²) in [4.78, 5) is 0. The highest BCUT2D eigenvalue weighted by Gasteiger charge is 2.20. The van der Waals surface area contributed by atoms with Crippen LogP contribution in [0.15, 0.2) is 34.9 Å². The van der Waals surface area contributed by atoms with Crippen molar-refractivity contribution in [2.75, 3.05) is 27.0 Å². The Morgan fingerprint density at radius 1 is 1.24 bits per heavy atom. The van der Waals surface area contributed by atoms with Gasteiger partial charge >= 0.3 is 0 Å². The first-order chi connectivity index (χ1) is 12.1.